The van der Waals surface area contributed by atoms with Gasteiger partial charge in [-0.05, 0) is 47.0 Å². The summed E-state index contributed by atoms with van der Waals surface area (Å²) in [5.74, 6) is -0.111. The van der Waals surface area contributed by atoms with Crippen LogP contribution in [0.3, 0.4) is 0 Å². The number of halogens is 2. The molecule has 0 saturated heterocycles. The van der Waals surface area contributed by atoms with Gasteiger partial charge in [0.1, 0.15) is 0 Å². The van der Waals surface area contributed by atoms with E-state index in [1.54, 1.807) is 0 Å². The number of nitrogens with one attached hydrogen (secondary N) is 1. The third-order valence-electron chi connectivity index (χ3n) is 3.29. The number of nitrogens with two attached hydrogens (primary N) is 1. The lowest BCUT2D eigenvalue weighted by molar-refractivity contribution is -0.125. The van der Waals surface area contributed by atoms with Crippen LogP contribution in [0.5, 0.6) is 0 Å². The zero-order valence-electron chi connectivity index (χ0n) is 9.50. The van der Waals surface area contributed by atoms with Crippen LogP contribution in [-0.4, -0.2) is 10.9 Å². The molecule has 0 atom stereocenters. The number of benzene rings is 1. The Morgan fingerprint density at radius 3 is 2.56 bits per heavy atom. The Morgan fingerprint density at radius 2 is 2.06 bits per heavy atom. The van der Waals surface area contributed by atoms with Crippen molar-refractivity contribution >= 4 is 60.7 Å². The van der Waals surface area contributed by atoms with Gasteiger partial charge in [-0.15, -0.1) is 0 Å². The summed E-state index contributed by atoms with van der Waals surface area (Å²) in [5.41, 5.74) is 5.77. The smallest absolute Gasteiger partial charge is 0.237 e. The van der Waals surface area contributed by atoms with Crippen molar-refractivity contribution in [3.05, 3.63) is 27.1 Å². The third-order valence-corrected chi connectivity index (χ3v) is 4.87. The zero-order valence-corrected chi connectivity index (χ0v) is 13.5. The molecule has 1 aromatic rings. The van der Waals surface area contributed by atoms with Gasteiger partial charge in [0, 0.05) is 8.95 Å². The van der Waals surface area contributed by atoms with Gasteiger partial charge in [-0.3, -0.25) is 4.79 Å². The van der Waals surface area contributed by atoms with Crippen LogP contribution < -0.4 is 11.1 Å². The molecule has 2 rings (SSSR count). The first kappa shape index (κ1) is 14.0. The molecule has 0 unspecified atom stereocenters. The van der Waals surface area contributed by atoms with E-state index in [-0.39, 0.29) is 10.9 Å². The SMILES string of the molecule is NC(=S)C1(C(=O)Nc2cc(Br)ccc2Br)CCC1. The van der Waals surface area contributed by atoms with E-state index in [2.05, 4.69) is 37.2 Å². The van der Waals surface area contributed by atoms with Gasteiger partial charge >= 0.3 is 0 Å². The molecule has 1 aliphatic rings. The molecule has 1 aliphatic carbocycles. The van der Waals surface area contributed by atoms with Gasteiger partial charge in [-0.2, -0.15) is 0 Å². The predicted molar refractivity (Wildman–Crippen MR) is 83.5 cm³/mol. The summed E-state index contributed by atoms with van der Waals surface area (Å²) in [6.07, 6.45) is 2.46. The van der Waals surface area contributed by atoms with E-state index < -0.39 is 5.41 Å². The Kier molecular flexibility index (Phi) is 4.08. The van der Waals surface area contributed by atoms with E-state index in [4.69, 9.17) is 18.0 Å². The fourth-order valence-corrected chi connectivity index (χ4v) is 2.95. The lowest BCUT2D eigenvalue weighted by Gasteiger charge is -2.39. The topological polar surface area (TPSA) is 55.1 Å². The summed E-state index contributed by atoms with van der Waals surface area (Å²) >= 11 is 11.8. The highest BCUT2D eigenvalue weighted by molar-refractivity contribution is 9.11. The molecular weight excluding hydrogens is 380 g/mol. The van der Waals surface area contributed by atoms with Crippen LogP contribution in [0, 0.1) is 5.41 Å². The summed E-state index contributed by atoms with van der Waals surface area (Å²) in [5, 5.41) is 2.89. The number of anilines is 1. The molecule has 18 heavy (non-hydrogen) atoms. The summed E-state index contributed by atoms with van der Waals surface area (Å²) in [6.45, 7) is 0. The average molecular weight is 392 g/mol. The minimum Gasteiger partial charge on any atom is -0.392 e. The highest BCUT2D eigenvalue weighted by Crippen LogP contribution is 2.42. The maximum absolute atomic E-state index is 12.3. The molecule has 3 N–H and O–H groups in total. The van der Waals surface area contributed by atoms with Gasteiger partial charge in [-0.1, -0.05) is 34.6 Å². The zero-order chi connectivity index (χ0) is 13.3. The number of amides is 1. The molecule has 0 aromatic heterocycles. The van der Waals surface area contributed by atoms with E-state index in [1.807, 2.05) is 18.2 Å². The fraction of sp³-hybridized carbons (Fsp3) is 0.333. The number of hydrogen-bond donors (Lipinski definition) is 2. The fourth-order valence-electron chi connectivity index (χ4n) is 1.95. The largest absolute Gasteiger partial charge is 0.392 e. The highest BCUT2D eigenvalue weighted by Gasteiger charge is 2.47. The Morgan fingerprint density at radius 1 is 1.39 bits per heavy atom. The number of rotatable bonds is 3. The standard InChI is InChI=1S/C12H12Br2N2OS/c13-7-2-3-8(14)9(6-7)16-11(17)12(10(15)18)4-1-5-12/h2-3,6H,1,4-5H2,(H2,15,18)(H,16,17). The summed E-state index contributed by atoms with van der Waals surface area (Å²) in [7, 11) is 0. The monoisotopic (exact) mass is 390 g/mol. The van der Waals surface area contributed by atoms with Crippen molar-refractivity contribution in [3.63, 3.8) is 0 Å². The number of hydrogen-bond acceptors (Lipinski definition) is 2. The van der Waals surface area contributed by atoms with Gasteiger partial charge in [0.25, 0.3) is 0 Å². The molecule has 3 nitrogen and oxygen atoms in total. The van der Waals surface area contributed by atoms with Crippen molar-refractivity contribution < 1.29 is 4.79 Å². The minimum absolute atomic E-state index is 0.111. The van der Waals surface area contributed by atoms with Crippen molar-refractivity contribution in [2.75, 3.05) is 5.32 Å². The summed E-state index contributed by atoms with van der Waals surface area (Å²) in [6, 6.07) is 5.61. The first-order valence-corrected chi connectivity index (χ1v) is 7.51. The maximum Gasteiger partial charge on any atom is 0.237 e. The molecule has 0 aliphatic heterocycles. The number of carbonyl (C=O) groups is 1. The molecule has 0 bridgehead atoms. The lowest BCUT2D eigenvalue weighted by Crippen LogP contribution is -2.50. The van der Waals surface area contributed by atoms with Crippen molar-refractivity contribution in [2.24, 2.45) is 11.1 Å². The Hall–Kier alpha value is -0.460. The molecule has 1 fully saturated rings. The lowest BCUT2D eigenvalue weighted by atomic mass is 9.68. The molecule has 1 saturated carbocycles. The van der Waals surface area contributed by atoms with Crippen LogP contribution in [0.15, 0.2) is 27.1 Å². The second-order valence-electron chi connectivity index (χ2n) is 4.38. The predicted octanol–water partition coefficient (Wildman–Crippen LogP) is 3.61. The third kappa shape index (κ3) is 2.46. The van der Waals surface area contributed by atoms with Crippen LogP contribution in [-0.2, 0) is 4.79 Å². The summed E-state index contributed by atoms with van der Waals surface area (Å²) < 4.78 is 1.73. The van der Waals surface area contributed by atoms with Gasteiger partial charge in [0.05, 0.1) is 16.1 Å². The molecule has 1 amide bonds. The maximum atomic E-state index is 12.3. The van der Waals surface area contributed by atoms with Crippen LogP contribution >= 0.6 is 44.1 Å². The van der Waals surface area contributed by atoms with Crippen LogP contribution in [0.25, 0.3) is 0 Å². The van der Waals surface area contributed by atoms with Gasteiger partial charge in [0.2, 0.25) is 5.91 Å². The normalized spacial score (nSPS) is 16.8. The molecule has 96 valence electrons. The Labute approximate surface area is 128 Å². The molecule has 1 aromatic carbocycles. The van der Waals surface area contributed by atoms with Gasteiger partial charge < -0.3 is 11.1 Å². The van der Waals surface area contributed by atoms with Gasteiger partial charge in [0.15, 0.2) is 0 Å². The number of carbonyl (C=O) groups excluding carboxylic acids is 1. The molecule has 0 spiro atoms. The van der Waals surface area contributed by atoms with E-state index in [0.717, 1.165) is 33.9 Å². The minimum atomic E-state index is -0.656. The van der Waals surface area contributed by atoms with E-state index >= 15 is 0 Å². The van der Waals surface area contributed by atoms with Crippen molar-refractivity contribution in [1.82, 2.24) is 0 Å². The van der Waals surface area contributed by atoms with Crippen molar-refractivity contribution in [3.8, 4) is 0 Å². The van der Waals surface area contributed by atoms with Crippen LogP contribution in [0.1, 0.15) is 19.3 Å². The van der Waals surface area contributed by atoms with E-state index in [0.29, 0.717) is 0 Å². The number of thiocarbonyl (C=S) groups is 1. The molecule has 6 heteroatoms. The molecule has 0 heterocycles. The van der Waals surface area contributed by atoms with E-state index in [9.17, 15) is 4.79 Å². The van der Waals surface area contributed by atoms with Crippen molar-refractivity contribution in [2.45, 2.75) is 19.3 Å². The second kappa shape index (κ2) is 5.27. The van der Waals surface area contributed by atoms with Gasteiger partial charge in [-0.25, -0.2) is 0 Å². The van der Waals surface area contributed by atoms with Crippen molar-refractivity contribution in [1.29, 1.82) is 0 Å². The average Bonchev–Trinajstić information content (AvgIpc) is 2.21. The van der Waals surface area contributed by atoms with Crippen LogP contribution in [0.4, 0.5) is 5.69 Å². The highest BCUT2D eigenvalue weighted by atomic mass is 79.9. The Balaban J connectivity index is 2.21. The molecular formula is C12H12Br2N2OS. The molecule has 0 radical (unpaired) electrons. The second-order valence-corrected chi connectivity index (χ2v) is 6.59. The summed E-state index contributed by atoms with van der Waals surface area (Å²) in [4.78, 5) is 12.6. The first-order valence-electron chi connectivity index (χ1n) is 5.52. The van der Waals surface area contributed by atoms with Crippen LogP contribution in [0.2, 0.25) is 0 Å². The quantitative estimate of drug-likeness (QED) is 0.774. The van der Waals surface area contributed by atoms with E-state index in [1.165, 1.54) is 0 Å². The first-order chi connectivity index (χ1) is 8.45. The Bertz CT molecular complexity index is 515.